The first-order valence-electron chi connectivity index (χ1n) is 9.50. The topological polar surface area (TPSA) is 29.2 Å². The molecule has 0 amide bonds. The summed E-state index contributed by atoms with van der Waals surface area (Å²) in [6.07, 6.45) is 4.06. The number of benzene rings is 1. The molecule has 0 radical (unpaired) electrons. The van der Waals surface area contributed by atoms with E-state index in [1.54, 1.807) is 0 Å². The third-order valence-corrected chi connectivity index (χ3v) is 5.58. The third kappa shape index (κ3) is 3.82. The molecular weight excluding hydrogens is 354 g/mol. The van der Waals surface area contributed by atoms with Gasteiger partial charge in [-0.2, -0.15) is 0 Å². The Morgan fingerprint density at radius 3 is 2.37 bits per heavy atom. The number of aromatic nitrogens is 3. The summed E-state index contributed by atoms with van der Waals surface area (Å²) in [6.45, 7) is 7.87. The molecule has 1 aromatic carbocycles. The maximum Gasteiger partial charge on any atom is 0.181 e. The normalized spacial score (nSPS) is 15.2. The molecule has 0 unspecified atom stereocenters. The van der Waals surface area contributed by atoms with Gasteiger partial charge in [-0.3, -0.25) is 4.90 Å². The van der Waals surface area contributed by atoms with E-state index in [4.69, 9.17) is 12.2 Å². The largest absolute Gasteiger partial charge is 0.354 e. The lowest BCUT2D eigenvalue weighted by atomic mass is 10.2. The number of hydrogen-bond acceptors (Lipinski definition) is 4. The summed E-state index contributed by atoms with van der Waals surface area (Å²) in [6, 6.07) is 16.6. The highest BCUT2D eigenvalue weighted by Gasteiger charge is 2.19. The highest BCUT2D eigenvalue weighted by atomic mass is 32.1. The highest BCUT2D eigenvalue weighted by Crippen LogP contribution is 2.22. The molecule has 0 N–H and O–H groups in total. The van der Waals surface area contributed by atoms with Gasteiger partial charge in [0.25, 0.3) is 0 Å². The molecule has 0 aliphatic carbocycles. The Morgan fingerprint density at radius 2 is 1.70 bits per heavy atom. The van der Waals surface area contributed by atoms with Gasteiger partial charge in [0.05, 0.1) is 12.4 Å². The second-order valence-electron chi connectivity index (χ2n) is 6.81. The maximum atomic E-state index is 5.76. The van der Waals surface area contributed by atoms with E-state index in [2.05, 4.69) is 67.4 Å². The Bertz CT molecular complexity index is 924. The summed E-state index contributed by atoms with van der Waals surface area (Å²) in [5.41, 5.74) is 2.40. The van der Waals surface area contributed by atoms with Crippen LogP contribution in [0, 0.1) is 4.77 Å². The van der Waals surface area contributed by atoms with Gasteiger partial charge in [0.1, 0.15) is 5.82 Å². The molecule has 140 valence electrons. The molecule has 1 fully saturated rings. The lowest BCUT2D eigenvalue weighted by Gasteiger charge is -2.35. The van der Waals surface area contributed by atoms with Crippen molar-refractivity contribution in [1.29, 1.82) is 0 Å². The van der Waals surface area contributed by atoms with Crippen LogP contribution >= 0.6 is 12.2 Å². The van der Waals surface area contributed by atoms with Crippen LogP contribution in [0.25, 0.3) is 11.3 Å². The van der Waals surface area contributed by atoms with E-state index >= 15 is 0 Å². The molecule has 3 aromatic rings. The Morgan fingerprint density at radius 1 is 0.963 bits per heavy atom. The van der Waals surface area contributed by atoms with Gasteiger partial charge in [-0.15, -0.1) is 0 Å². The van der Waals surface area contributed by atoms with Crippen LogP contribution in [0.3, 0.4) is 0 Å². The quantitative estimate of drug-likeness (QED) is 0.629. The van der Waals surface area contributed by atoms with Gasteiger partial charge in [0, 0.05) is 45.1 Å². The second-order valence-corrected chi connectivity index (χ2v) is 7.18. The van der Waals surface area contributed by atoms with Crippen LogP contribution in [-0.4, -0.2) is 45.2 Å². The minimum Gasteiger partial charge on any atom is -0.354 e. The molecule has 0 atom stereocenters. The van der Waals surface area contributed by atoms with Crippen molar-refractivity contribution in [3.05, 3.63) is 65.7 Å². The minimum atomic E-state index is 0.835. The summed E-state index contributed by atoms with van der Waals surface area (Å²) in [4.78, 5) is 9.28. The predicted molar refractivity (Wildman–Crippen MR) is 112 cm³/mol. The van der Waals surface area contributed by atoms with E-state index < -0.39 is 0 Å². The van der Waals surface area contributed by atoms with Gasteiger partial charge in [0.2, 0.25) is 0 Å². The van der Waals surface area contributed by atoms with Crippen LogP contribution in [0.5, 0.6) is 0 Å². The van der Waals surface area contributed by atoms with Crippen molar-refractivity contribution in [1.82, 2.24) is 19.0 Å². The first-order valence-corrected chi connectivity index (χ1v) is 9.91. The summed E-state index contributed by atoms with van der Waals surface area (Å²) in [5, 5.41) is 0. The van der Waals surface area contributed by atoms with Crippen LogP contribution in [0.15, 0.2) is 60.9 Å². The van der Waals surface area contributed by atoms with Crippen molar-refractivity contribution in [2.75, 3.05) is 31.1 Å². The zero-order chi connectivity index (χ0) is 18.6. The maximum absolute atomic E-state index is 5.76. The van der Waals surface area contributed by atoms with Crippen molar-refractivity contribution in [3.8, 4) is 11.3 Å². The SMILES string of the molecule is CCn1c(-c2ccccc2)cn(CN2CCN(c3ccccn3)CC2)c1=S. The van der Waals surface area contributed by atoms with Crippen molar-refractivity contribution in [2.45, 2.75) is 20.1 Å². The molecule has 1 aliphatic rings. The molecule has 2 aromatic heterocycles. The van der Waals surface area contributed by atoms with Crippen LogP contribution in [-0.2, 0) is 13.2 Å². The molecule has 3 heterocycles. The summed E-state index contributed by atoms with van der Waals surface area (Å²) >= 11 is 5.76. The van der Waals surface area contributed by atoms with Crippen molar-refractivity contribution >= 4 is 18.0 Å². The summed E-state index contributed by atoms with van der Waals surface area (Å²) in [5.74, 6) is 1.07. The van der Waals surface area contributed by atoms with E-state index in [1.807, 2.05) is 24.4 Å². The molecule has 27 heavy (non-hydrogen) atoms. The Labute approximate surface area is 165 Å². The lowest BCUT2D eigenvalue weighted by molar-refractivity contribution is 0.204. The number of rotatable bonds is 5. The Balaban J connectivity index is 1.48. The van der Waals surface area contributed by atoms with Gasteiger partial charge in [-0.25, -0.2) is 4.98 Å². The van der Waals surface area contributed by atoms with Crippen molar-refractivity contribution < 1.29 is 0 Å². The monoisotopic (exact) mass is 379 g/mol. The number of anilines is 1. The molecule has 1 saturated heterocycles. The molecular formula is C21H25N5S. The molecule has 4 rings (SSSR count). The van der Waals surface area contributed by atoms with Gasteiger partial charge in [-0.1, -0.05) is 36.4 Å². The fourth-order valence-corrected chi connectivity index (χ4v) is 3.99. The standard InChI is InChI=1S/C21H25N5S/c1-2-26-19(18-8-4-3-5-9-18)16-25(21(26)27)17-23-12-14-24(15-13-23)20-10-6-7-11-22-20/h3-11,16H,2,12-15,17H2,1H3. The number of hydrogen-bond donors (Lipinski definition) is 0. The zero-order valence-corrected chi connectivity index (χ0v) is 16.5. The number of pyridine rings is 1. The first kappa shape index (κ1) is 17.9. The zero-order valence-electron chi connectivity index (χ0n) is 15.7. The number of piperazine rings is 1. The Kier molecular flexibility index (Phi) is 5.36. The van der Waals surface area contributed by atoms with E-state index in [1.165, 1.54) is 11.3 Å². The van der Waals surface area contributed by atoms with Gasteiger partial charge < -0.3 is 14.0 Å². The number of imidazole rings is 1. The van der Waals surface area contributed by atoms with E-state index in [-0.39, 0.29) is 0 Å². The molecule has 6 heteroatoms. The second kappa shape index (κ2) is 8.06. The molecule has 0 bridgehead atoms. The summed E-state index contributed by atoms with van der Waals surface area (Å²) < 4.78 is 5.32. The van der Waals surface area contributed by atoms with Gasteiger partial charge in [0.15, 0.2) is 4.77 Å². The fraction of sp³-hybridized carbons (Fsp3) is 0.333. The minimum absolute atomic E-state index is 0.835. The molecule has 0 saturated carbocycles. The van der Waals surface area contributed by atoms with E-state index in [0.29, 0.717) is 0 Å². The predicted octanol–water partition coefficient (Wildman–Crippen LogP) is 3.88. The average molecular weight is 380 g/mol. The highest BCUT2D eigenvalue weighted by molar-refractivity contribution is 7.71. The Hall–Kier alpha value is -2.44. The third-order valence-electron chi connectivity index (χ3n) is 5.13. The van der Waals surface area contributed by atoms with E-state index in [0.717, 1.165) is 50.0 Å². The van der Waals surface area contributed by atoms with Gasteiger partial charge >= 0.3 is 0 Å². The van der Waals surface area contributed by atoms with E-state index in [9.17, 15) is 0 Å². The lowest BCUT2D eigenvalue weighted by Crippen LogP contribution is -2.47. The summed E-state index contributed by atoms with van der Waals surface area (Å²) in [7, 11) is 0. The molecule has 0 spiro atoms. The van der Waals surface area contributed by atoms with Crippen LogP contribution in [0.4, 0.5) is 5.82 Å². The smallest absolute Gasteiger partial charge is 0.181 e. The average Bonchev–Trinajstić information content (AvgIpc) is 3.05. The van der Waals surface area contributed by atoms with Gasteiger partial charge in [-0.05, 0) is 36.8 Å². The van der Waals surface area contributed by atoms with Crippen molar-refractivity contribution in [2.24, 2.45) is 0 Å². The van der Waals surface area contributed by atoms with Crippen LogP contribution in [0.1, 0.15) is 6.92 Å². The molecule has 1 aliphatic heterocycles. The molecule has 5 nitrogen and oxygen atoms in total. The van der Waals surface area contributed by atoms with Crippen LogP contribution < -0.4 is 4.90 Å². The first-order chi connectivity index (χ1) is 13.3. The van der Waals surface area contributed by atoms with Crippen LogP contribution in [0.2, 0.25) is 0 Å². The van der Waals surface area contributed by atoms with Crippen molar-refractivity contribution in [3.63, 3.8) is 0 Å². The number of nitrogens with zero attached hydrogens (tertiary/aromatic N) is 5. The fourth-order valence-electron chi connectivity index (χ4n) is 3.65.